The quantitative estimate of drug-likeness (QED) is 0.372. The summed E-state index contributed by atoms with van der Waals surface area (Å²) in [5.74, 6) is -1.53. The van der Waals surface area contributed by atoms with E-state index in [0.717, 1.165) is 23.8 Å². The lowest BCUT2D eigenvalue weighted by molar-refractivity contribution is -0.138. The molecule has 0 fully saturated rings. The zero-order valence-electron chi connectivity index (χ0n) is 17.2. The molecule has 0 amide bonds. The summed E-state index contributed by atoms with van der Waals surface area (Å²) >= 11 is 0. The molecular formula is C22H21F4N3O2. The van der Waals surface area contributed by atoms with Gasteiger partial charge in [0.2, 0.25) is 11.8 Å². The number of allylic oxidation sites excluding steroid dienone is 4. The van der Waals surface area contributed by atoms with Gasteiger partial charge in [0.15, 0.2) is 11.5 Å². The second-order valence-electron chi connectivity index (χ2n) is 7.23. The van der Waals surface area contributed by atoms with E-state index in [9.17, 15) is 22.4 Å². The lowest BCUT2D eigenvalue weighted by Gasteiger charge is -2.18. The second-order valence-corrected chi connectivity index (χ2v) is 7.23. The van der Waals surface area contributed by atoms with E-state index in [1.807, 2.05) is 13.0 Å². The van der Waals surface area contributed by atoms with E-state index in [1.165, 1.54) is 19.9 Å². The maximum Gasteiger partial charge on any atom is 0.418 e. The van der Waals surface area contributed by atoms with Crippen molar-refractivity contribution in [3.05, 3.63) is 70.1 Å². The second kappa shape index (κ2) is 8.87. The molecule has 0 unspecified atom stereocenters. The number of aryl methyl sites for hydroxylation is 1. The number of rotatable bonds is 6. The van der Waals surface area contributed by atoms with Gasteiger partial charge in [-0.15, -0.1) is 0 Å². The van der Waals surface area contributed by atoms with Crippen LogP contribution in [0, 0.1) is 19.8 Å². The molecule has 0 atom stereocenters. The molecule has 3 rings (SSSR count). The van der Waals surface area contributed by atoms with Crippen LogP contribution in [0.5, 0.6) is 11.6 Å². The van der Waals surface area contributed by atoms with Gasteiger partial charge >= 0.3 is 6.18 Å². The molecule has 2 aromatic heterocycles. The van der Waals surface area contributed by atoms with E-state index in [-0.39, 0.29) is 35.0 Å². The van der Waals surface area contributed by atoms with Crippen LogP contribution in [0.2, 0.25) is 0 Å². The molecule has 0 bridgehead atoms. The van der Waals surface area contributed by atoms with E-state index in [1.54, 1.807) is 0 Å². The Kier molecular flexibility index (Phi) is 6.42. The van der Waals surface area contributed by atoms with Gasteiger partial charge in [0.25, 0.3) is 0 Å². The number of Topliss-reactive ketones (excluding diaryl/α,β-unsaturated/α-hetero) is 1. The maximum absolute atomic E-state index is 13.4. The highest BCUT2D eigenvalue weighted by atomic mass is 19.4. The molecule has 1 aliphatic carbocycles. The minimum Gasteiger partial charge on any atom is -0.436 e. The third kappa shape index (κ3) is 5.28. The highest BCUT2D eigenvalue weighted by Crippen LogP contribution is 2.36. The number of halogens is 4. The van der Waals surface area contributed by atoms with Gasteiger partial charge in [-0.05, 0) is 57.4 Å². The van der Waals surface area contributed by atoms with Crippen LogP contribution >= 0.6 is 0 Å². The van der Waals surface area contributed by atoms with E-state index < -0.39 is 23.5 Å². The first-order chi connectivity index (χ1) is 14.6. The number of carbonyl (C=O) groups is 1. The summed E-state index contributed by atoms with van der Waals surface area (Å²) in [6.45, 7) is 4.38. The zero-order chi connectivity index (χ0) is 22.8. The van der Waals surface area contributed by atoms with E-state index in [0.29, 0.717) is 12.6 Å². The number of aromatic nitrogens is 2. The molecule has 0 saturated carbocycles. The van der Waals surface area contributed by atoms with Gasteiger partial charge in [0.05, 0.1) is 23.4 Å². The molecule has 31 heavy (non-hydrogen) atoms. The van der Waals surface area contributed by atoms with Crippen molar-refractivity contribution in [3.8, 4) is 11.6 Å². The molecule has 0 spiro atoms. The van der Waals surface area contributed by atoms with Crippen LogP contribution in [0.15, 0.2) is 41.8 Å². The molecule has 1 aliphatic rings. The first kappa shape index (κ1) is 22.5. The number of pyridine rings is 2. The Labute approximate surface area is 176 Å². The number of ether oxygens (including phenoxy) is 1. The molecule has 164 valence electrons. The molecule has 5 nitrogen and oxygen atoms in total. The van der Waals surface area contributed by atoms with Crippen LogP contribution < -0.4 is 10.1 Å². The Bertz CT molecular complexity index is 1080. The average molecular weight is 435 g/mol. The Morgan fingerprint density at radius 2 is 1.97 bits per heavy atom. The highest BCUT2D eigenvalue weighted by Gasteiger charge is 2.36. The normalized spacial score (nSPS) is 14.0. The van der Waals surface area contributed by atoms with Crippen LogP contribution in [0.3, 0.4) is 0 Å². The van der Waals surface area contributed by atoms with Crippen molar-refractivity contribution in [2.75, 3.05) is 6.54 Å². The van der Waals surface area contributed by atoms with Gasteiger partial charge < -0.3 is 10.1 Å². The first-order valence-electron chi connectivity index (χ1n) is 9.58. The molecule has 0 aromatic carbocycles. The highest BCUT2D eigenvalue weighted by molar-refractivity contribution is 6.01. The van der Waals surface area contributed by atoms with Crippen LogP contribution in [0.4, 0.5) is 17.6 Å². The van der Waals surface area contributed by atoms with Gasteiger partial charge in [-0.1, -0.05) is 11.6 Å². The van der Waals surface area contributed by atoms with Crippen molar-refractivity contribution < 1.29 is 27.1 Å². The Morgan fingerprint density at radius 1 is 1.23 bits per heavy atom. The molecule has 0 radical (unpaired) electrons. The predicted octanol–water partition coefficient (Wildman–Crippen LogP) is 5.44. The zero-order valence-corrected chi connectivity index (χ0v) is 17.2. The number of nitrogens with one attached hydrogen (secondary N) is 1. The van der Waals surface area contributed by atoms with E-state index >= 15 is 0 Å². The summed E-state index contributed by atoms with van der Waals surface area (Å²) in [5, 5.41) is 2.99. The summed E-state index contributed by atoms with van der Waals surface area (Å²) in [7, 11) is 0. The lowest BCUT2D eigenvalue weighted by atomic mass is 10.0. The Morgan fingerprint density at radius 3 is 2.61 bits per heavy atom. The van der Waals surface area contributed by atoms with Gasteiger partial charge in [-0.25, -0.2) is 9.97 Å². The smallest absolute Gasteiger partial charge is 0.418 e. The fraction of sp³-hybridized carbons (Fsp3) is 0.318. The number of carbonyl (C=O) groups excluding carboxylic acids is 1. The minimum absolute atomic E-state index is 0.0887. The summed E-state index contributed by atoms with van der Waals surface area (Å²) in [6, 6.07) is 2.33. The van der Waals surface area contributed by atoms with Crippen molar-refractivity contribution in [3.63, 3.8) is 0 Å². The van der Waals surface area contributed by atoms with E-state index in [2.05, 4.69) is 21.4 Å². The van der Waals surface area contributed by atoms with E-state index in [4.69, 9.17) is 4.74 Å². The maximum atomic E-state index is 13.4. The minimum atomic E-state index is -4.68. The van der Waals surface area contributed by atoms with Crippen LogP contribution in [-0.4, -0.2) is 22.3 Å². The summed E-state index contributed by atoms with van der Waals surface area (Å²) in [6.07, 6.45) is 1.40. The number of ketones is 1. The molecule has 9 heteroatoms. The summed E-state index contributed by atoms with van der Waals surface area (Å²) < 4.78 is 59.1. The van der Waals surface area contributed by atoms with Gasteiger partial charge in [-0.2, -0.15) is 17.6 Å². The SMILES string of the molecule is CC1=CCCC(NCC(=O)c2c(Oc3ccc(F)nc3C)ncc(C(F)(F)F)c2C)=C1. The predicted molar refractivity (Wildman–Crippen MR) is 106 cm³/mol. The van der Waals surface area contributed by atoms with Gasteiger partial charge in [0, 0.05) is 11.9 Å². The van der Waals surface area contributed by atoms with Crippen molar-refractivity contribution in [1.82, 2.24) is 15.3 Å². The standard InChI is InChI=1S/C22H21F4N3O2/c1-12-5-4-6-15(9-12)27-11-17(30)20-13(2)16(22(24,25)26)10-28-21(20)31-18-7-8-19(23)29-14(18)3/h5,7-10,27H,4,6,11H2,1-3H3. The molecule has 2 heterocycles. The Balaban J connectivity index is 1.96. The monoisotopic (exact) mass is 435 g/mol. The van der Waals surface area contributed by atoms with Crippen LogP contribution in [-0.2, 0) is 6.18 Å². The number of alkyl halides is 3. The number of hydrogen-bond acceptors (Lipinski definition) is 5. The molecule has 1 N–H and O–H groups in total. The Hall–Kier alpha value is -3.23. The van der Waals surface area contributed by atoms with Crippen molar-refractivity contribution >= 4 is 5.78 Å². The lowest BCUT2D eigenvalue weighted by Crippen LogP contribution is -2.25. The topological polar surface area (TPSA) is 64.1 Å². The fourth-order valence-corrected chi connectivity index (χ4v) is 3.28. The molecule has 2 aromatic rings. The van der Waals surface area contributed by atoms with Crippen molar-refractivity contribution in [1.29, 1.82) is 0 Å². The molecule has 0 aliphatic heterocycles. The molecular weight excluding hydrogens is 414 g/mol. The summed E-state index contributed by atoms with van der Waals surface area (Å²) in [5.41, 5.74) is 0.451. The fourth-order valence-electron chi connectivity index (χ4n) is 3.28. The molecule has 0 saturated heterocycles. The van der Waals surface area contributed by atoms with Crippen molar-refractivity contribution in [2.45, 2.75) is 39.8 Å². The van der Waals surface area contributed by atoms with Crippen LogP contribution in [0.25, 0.3) is 0 Å². The van der Waals surface area contributed by atoms with Gasteiger partial charge in [0.1, 0.15) is 0 Å². The number of hydrogen-bond donors (Lipinski definition) is 1. The number of nitrogens with zero attached hydrogens (tertiary/aromatic N) is 2. The first-order valence-corrected chi connectivity index (χ1v) is 9.58. The largest absolute Gasteiger partial charge is 0.436 e. The summed E-state index contributed by atoms with van der Waals surface area (Å²) in [4.78, 5) is 20.3. The average Bonchev–Trinajstić information content (AvgIpc) is 2.67. The van der Waals surface area contributed by atoms with Crippen LogP contribution in [0.1, 0.15) is 46.9 Å². The van der Waals surface area contributed by atoms with Gasteiger partial charge in [-0.3, -0.25) is 4.79 Å². The third-order valence-corrected chi connectivity index (χ3v) is 4.86. The van der Waals surface area contributed by atoms with Crippen molar-refractivity contribution in [2.24, 2.45) is 0 Å². The third-order valence-electron chi connectivity index (χ3n) is 4.86.